The lowest BCUT2D eigenvalue weighted by Crippen LogP contribution is -3.06. The molecule has 2 aromatic carbocycles. The van der Waals surface area contributed by atoms with Gasteiger partial charge in [-0.3, -0.25) is 4.79 Å². The number of hydrogen-bond acceptors (Lipinski definition) is 10. The molecule has 214 valence electrons. The zero-order chi connectivity index (χ0) is 29.8. The number of fused-ring (bicyclic) bond motifs is 1. The number of likely N-dealkylation sites (N-methyl/N-ethyl adjacent to an activating group) is 1. The number of carbonyl (C=O) groups excluding carboxylic acids is 2. The van der Waals surface area contributed by atoms with E-state index in [-0.39, 0.29) is 22.8 Å². The second-order valence-electron chi connectivity index (χ2n) is 8.36. The third-order valence-electron chi connectivity index (χ3n) is 5.27. The Kier molecular flexibility index (Phi) is 11.6. The van der Waals surface area contributed by atoms with E-state index >= 15 is 0 Å². The lowest BCUT2D eigenvalue weighted by molar-refractivity contribution is -0.858. The van der Waals surface area contributed by atoms with Crippen molar-refractivity contribution in [3.63, 3.8) is 0 Å². The van der Waals surface area contributed by atoms with E-state index in [2.05, 4.69) is 0 Å². The zero-order valence-corrected chi connectivity index (χ0v) is 22.7. The summed E-state index contributed by atoms with van der Waals surface area (Å²) in [5, 5.41) is 27.8. The Morgan fingerprint density at radius 2 is 1.68 bits per heavy atom. The highest BCUT2D eigenvalue weighted by molar-refractivity contribution is 6.15. The first-order valence-corrected chi connectivity index (χ1v) is 11.8. The van der Waals surface area contributed by atoms with Crippen molar-refractivity contribution in [2.45, 2.75) is 0 Å². The molecule has 12 heteroatoms. The number of phenols is 1. The minimum atomic E-state index is -1.51. The molecular weight excluding hydrogens is 526 g/mol. The molecule has 0 aliphatic rings. The first-order chi connectivity index (χ1) is 19.0. The second kappa shape index (κ2) is 14.8. The molecule has 0 unspecified atom stereocenters. The number of hydrogen-bond donors (Lipinski definition) is 3. The lowest BCUT2D eigenvalue weighted by atomic mass is 10.0. The smallest absolute Gasteiger partial charge is 0.328 e. The van der Waals surface area contributed by atoms with E-state index < -0.39 is 11.9 Å². The van der Waals surface area contributed by atoms with Crippen LogP contribution in [0.15, 0.2) is 53.2 Å². The summed E-state index contributed by atoms with van der Waals surface area (Å²) in [7, 11) is 8.48. The van der Waals surface area contributed by atoms with Gasteiger partial charge in [-0.2, -0.15) is 0 Å². The number of rotatable bonds is 12. The summed E-state index contributed by atoms with van der Waals surface area (Å²) in [5.74, 6) is -1.87. The topological polar surface area (TPSA) is 169 Å². The molecule has 1 aromatic heterocycles. The number of carboxylic acid groups (broad SMARTS) is 2. The highest BCUT2D eigenvalue weighted by Crippen LogP contribution is 2.46. The van der Waals surface area contributed by atoms with E-state index in [4.69, 9.17) is 28.5 Å². The molecule has 0 bridgehead atoms. The molecule has 0 amide bonds. The molecule has 3 aromatic rings. The third kappa shape index (κ3) is 8.27. The average Bonchev–Trinajstić information content (AvgIpc) is 3.39. The number of ketones is 1. The van der Waals surface area contributed by atoms with Gasteiger partial charge in [-0.1, -0.05) is 12.1 Å². The number of ether oxygens (including phenoxy) is 4. The minimum absolute atomic E-state index is 0.0172. The molecule has 3 rings (SSSR count). The number of allylic oxidation sites excluding steroid dienone is 1. The molecule has 0 fully saturated rings. The maximum atomic E-state index is 13.3. The van der Waals surface area contributed by atoms with Crippen LogP contribution < -0.4 is 29.0 Å². The fraction of sp³-hybridized carbons (Fsp3) is 0.250. The van der Waals surface area contributed by atoms with Crippen LogP contribution in [0.25, 0.3) is 17.0 Å². The Labute approximate surface area is 230 Å². The van der Waals surface area contributed by atoms with Crippen LogP contribution in [0, 0.1) is 0 Å². The number of nitrogens with one attached hydrogen (secondary N) is 1. The van der Waals surface area contributed by atoms with Gasteiger partial charge in [-0.15, -0.1) is 0 Å². The summed E-state index contributed by atoms with van der Waals surface area (Å²) >= 11 is 0. The van der Waals surface area contributed by atoms with Crippen LogP contribution in [-0.2, 0) is 9.59 Å². The van der Waals surface area contributed by atoms with Gasteiger partial charge < -0.3 is 48.4 Å². The molecule has 0 atom stereocenters. The molecule has 12 nitrogen and oxygen atoms in total. The first-order valence-electron chi connectivity index (χ1n) is 11.8. The van der Waals surface area contributed by atoms with Crippen molar-refractivity contribution in [3.8, 4) is 28.7 Å². The zero-order valence-electron chi connectivity index (χ0n) is 22.7. The predicted molar refractivity (Wildman–Crippen MR) is 142 cm³/mol. The molecule has 0 aliphatic heterocycles. The van der Waals surface area contributed by atoms with Gasteiger partial charge >= 0.3 is 5.97 Å². The molecule has 0 radical (unpaired) electrons. The molecule has 1 heterocycles. The van der Waals surface area contributed by atoms with E-state index in [1.165, 1.54) is 44.6 Å². The Hall–Kier alpha value is -4.97. The number of carbonyl (C=O) groups is 3. The normalized spacial score (nSPS) is 10.9. The number of furan rings is 1. The van der Waals surface area contributed by atoms with Crippen molar-refractivity contribution >= 4 is 34.8 Å². The van der Waals surface area contributed by atoms with Crippen LogP contribution in [-0.4, -0.2) is 76.5 Å². The summed E-state index contributed by atoms with van der Waals surface area (Å²) in [6.45, 7) is 1.08. The average molecular weight is 558 g/mol. The summed E-state index contributed by atoms with van der Waals surface area (Å²) in [4.78, 5) is 33.5. The quantitative estimate of drug-likeness (QED) is 0.214. The van der Waals surface area contributed by atoms with Gasteiger partial charge in [-0.25, -0.2) is 4.79 Å². The number of benzene rings is 2. The summed E-state index contributed by atoms with van der Waals surface area (Å²) in [6, 6.07) is 6.58. The minimum Gasteiger partial charge on any atom is -0.545 e. The SMILES string of the molecule is COc1ccc(/C=C/C(=O)c2c(OCC[NH+](C)C)c(OC)c3occc3c2OC)cc1O.O=C([O-])/C=C\C(=O)O. The largest absolute Gasteiger partial charge is 0.545 e. The maximum Gasteiger partial charge on any atom is 0.328 e. The molecule has 0 aliphatic carbocycles. The first kappa shape index (κ1) is 31.2. The van der Waals surface area contributed by atoms with Crippen molar-refractivity contribution in [3.05, 3.63) is 59.9 Å². The molecular formula is C28H31NO11. The summed E-state index contributed by atoms with van der Waals surface area (Å²) < 4.78 is 27.8. The van der Waals surface area contributed by atoms with Gasteiger partial charge in [0.1, 0.15) is 24.5 Å². The van der Waals surface area contributed by atoms with Crippen LogP contribution in [0.2, 0.25) is 0 Å². The predicted octanol–water partition coefficient (Wildman–Crippen LogP) is 0.961. The molecule has 0 saturated carbocycles. The number of methoxy groups -OCH3 is 3. The van der Waals surface area contributed by atoms with E-state index in [0.717, 1.165) is 6.54 Å². The fourth-order valence-corrected chi connectivity index (χ4v) is 3.44. The van der Waals surface area contributed by atoms with Gasteiger partial charge in [0.15, 0.2) is 28.6 Å². The Balaban J connectivity index is 0.000000611. The maximum absolute atomic E-state index is 13.3. The van der Waals surface area contributed by atoms with Crippen LogP contribution in [0.4, 0.5) is 0 Å². The van der Waals surface area contributed by atoms with Gasteiger partial charge in [0.2, 0.25) is 5.75 Å². The van der Waals surface area contributed by atoms with Crippen LogP contribution in [0.5, 0.6) is 28.7 Å². The monoisotopic (exact) mass is 557 g/mol. The van der Waals surface area contributed by atoms with Gasteiger partial charge in [0, 0.05) is 6.08 Å². The summed E-state index contributed by atoms with van der Waals surface area (Å²) in [6.07, 6.45) is 5.45. The third-order valence-corrected chi connectivity index (χ3v) is 5.27. The van der Waals surface area contributed by atoms with Crippen molar-refractivity contribution in [1.29, 1.82) is 0 Å². The van der Waals surface area contributed by atoms with E-state index in [1.54, 1.807) is 24.3 Å². The molecule has 0 saturated heterocycles. The number of aliphatic carboxylic acids is 2. The van der Waals surface area contributed by atoms with E-state index in [9.17, 15) is 24.6 Å². The van der Waals surface area contributed by atoms with Crippen molar-refractivity contribution < 1.29 is 58.0 Å². The van der Waals surface area contributed by atoms with Crippen LogP contribution in [0.3, 0.4) is 0 Å². The molecule has 3 N–H and O–H groups in total. The van der Waals surface area contributed by atoms with E-state index in [0.29, 0.717) is 52.5 Å². The van der Waals surface area contributed by atoms with E-state index in [1.807, 2.05) is 14.1 Å². The summed E-state index contributed by atoms with van der Waals surface area (Å²) in [5.41, 5.74) is 1.31. The van der Waals surface area contributed by atoms with Crippen molar-refractivity contribution in [2.24, 2.45) is 0 Å². The Morgan fingerprint density at radius 3 is 2.20 bits per heavy atom. The number of quaternary nitrogens is 1. The van der Waals surface area contributed by atoms with Gasteiger partial charge in [0.05, 0.1) is 53.0 Å². The van der Waals surface area contributed by atoms with Crippen LogP contribution >= 0.6 is 0 Å². The highest BCUT2D eigenvalue weighted by atomic mass is 16.5. The highest BCUT2D eigenvalue weighted by Gasteiger charge is 2.28. The molecule has 40 heavy (non-hydrogen) atoms. The fourth-order valence-electron chi connectivity index (χ4n) is 3.44. The van der Waals surface area contributed by atoms with Crippen molar-refractivity contribution in [1.82, 2.24) is 0 Å². The van der Waals surface area contributed by atoms with Crippen LogP contribution in [0.1, 0.15) is 15.9 Å². The second-order valence-corrected chi connectivity index (χ2v) is 8.36. The standard InChI is InChI=1S/C24H27NO7.C4H4O4/c1-25(2)11-13-32-23-20(21(29-4)16-10-12-31-22(16)24(23)30-5)17(26)8-6-15-7-9-19(28-3)18(27)14-15;5-3(6)1-2-4(7)8/h6-10,12,14,27H,11,13H2,1-5H3;1-2H,(H,5,6)(H,7,8)/b8-6+;2-1-. The Bertz CT molecular complexity index is 1390. The number of carboxylic acids is 2. The Morgan fingerprint density at radius 1 is 0.975 bits per heavy atom. The van der Waals surface area contributed by atoms with Gasteiger partial charge in [0.25, 0.3) is 0 Å². The molecule has 0 spiro atoms. The van der Waals surface area contributed by atoms with Gasteiger partial charge in [-0.05, 0) is 35.9 Å². The lowest BCUT2D eigenvalue weighted by Gasteiger charge is -2.18. The number of phenolic OH excluding ortho intramolecular Hbond substituents is 1. The number of aromatic hydroxyl groups is 1. The van der Waals surface area contributed by atoms with Crippen molar-refractivity contribution in [2.75, 3.05) is 48.6 Å².